The minimum Gasteiger partial charge on any atom is -0.322 e. The second kappa shape index (κ2) is 6.50. The molecule has 25 heavy (non-hydrogen) atoms. The summed E-state index contributed by atoms with van der Waals surface area (Å²) in [6.45, 7) is 2.17. The molecule has 0 spiro atoms. The highest BCUT2D eigenvalue weighted by atomic mass is 35.5. The first-order valence-electron chi connectivity index (χ1n) is 7.91. The quantitative estimate of drug-likeness (QED) is 0.701. The largest absolute Gasteiger partial charge is 0.322 e. The van der Waals surface area contributed by atoms with Gasteiger partial charge in [0.25, 0.3) is 0 Å². The van der Waals surface area contributed by atoms with E-state index in [4.69, 9.17) is 23.2 Å². The highest BCUT2D eigenvalue weighted by molar-refractivity contribution is 6.36. The lowest BCUT2D eigenvalue weighted by Crippen LogP contribution is -2.25. The number of anilines is 4. The first kappa shape index (κ1) is 16.1. The zero-order valence-corrected chi connectivity index (χ0v) is 15.0. The zero-order valence-electron chi connectivity index (χ0n) is 13.4. The van der Waals surface area contributed by atoms with E-state index in [2.05, 4.69) is 50.5 Å². The molecule has 0 bridgehead atoms. The smallest absolute Gasteiger partial charge is 0.249 e. The maximum Gasteiger partial charge on any atom is 0.249 e. The maximum absolute atomic E-state index is 6.20. The Morgan fingerprint density at radius 2 is 2.00 bits per heavy atom. The summed E-state index contributed by atoms with van der Waals surface area (Å²) in [4.78, 5) is 6.79. The molecule has 5 nitrogen and oxygen atoms in total. The Morgan fingerprint density at radius 1 is 1.16 bits per heavy atom. The molecule has 4 rings (SSSR count). The number of benzene rings is 2. The van der Waals surface area contributed by atoms with Crippen LogP contribution in [0.4, 0.5) is 23.1 Å². The molecule has 1 unspecified atom stereocenters. The van der Waals surface area contributed by atoms with E-state index >= 15 is 0 Å². The van der Waals surface area contributed by atoms with E-state index in [9.17, 15) is 0 Å². The van der Waals surface area contributed by atoms with E-state index in [0.29, 0.717) is 27.7 Å². The van der Waals surface area contributed by atoms with Crippen LogP contribution in [0.15, 0.2) is 48.7 Å². The summed E-state index contributed by atoms with van der Waals surface area (Å²) in [7, 11) is 0. The van der Waals surface area contributed by atoms with E-state index in [1.807, 2.05) is 6.07 Å². The van der Waals surface area contributed by atoms with Crippen LogP contribution in [0, 0.1) is 0 Å². The van der Waals surface area contributed by atoms with Gasteiger partial charge in [-0.2, -0.15) is 10.1 Å². The number of para-hydroxylation sites is 1. The molecule has 1 atom stereocenters. The van der Waals surface area contributed by atoms with Crippen LogP contribution in [0.25, 0.3) is 0 Å². The maximum atomic E-state index is 6.20. The lowest BCUT2D eigenvalue weighted by atomic mass is 10.1. The van der Waals surface area contributed by atoms with Gasteiger partial charge in [-0.15, -0.1) is 5.10 Å². The Kier molecular flexibility index (Phi) is 4.19. The summed E-state index contributed by atoms with van der Waals surface area (Å²) in [6, 6.07) is 13.9. The molecule has 0 aliphatic carbocycles. The molecule has 1 aliphatic heterocycles. The average molecular weight is 372 g/mol. The lowest BCUT2D eigenvalue weighted by molar-refractivity contribution is 0.745. The van der Waals surface area contributed by atoms with Gasteiger partial charge in [0, 0.05) is 16.8 Å². The third kappa shape index (κ3) is 3.13. The molecule has 2 aromatic carbocycles. The molecule has 0 amide bonds. The summed E-state index contributed by atoms with van der Waals surface area (Å²) in [6.07, 6.45) is 2.65. The Morgan fingerprint density at radius 3 is 2.84 bits per heavy atom. The first-order chi connectivity index (χ1) is 12.1. The Balaban J connectivity index is 1.66. The number of fused-ring (bicyclic) bond motifs is 1. The van der Waals surface area contributed by atoms with Crippen LogP contribution in [0.5, 0.6) is 0 Å². The fraction of sp³-hybridized carbons (Fsp3) is 0.167. The van der Waals surface area contributed by atoms with Crippen molar-refractivity contribution >= 4 is 46.3 Å². The van der Waals surface area contributed by atoms with Crippen LogP contribution in [0.1, 0.15) is 12.5 Å². The molecule has 0 saturated heterocycles. The van der Waals surface area contributed by atoms with Crippen LogP contribution in [-0.2, 0) is 6.42 Å². The molecule has 7 heteroatoms. The van der Waals surface area contributed by atoms with Crippen molar-refractivity contribution in [2.24, 2.45) is 0 Å². The standard InChI is InChI=1S/C18H15Cl2N5/c1-11-8-12-4-2-3-5-16(12)25(11)17-10-21-24-18(23-17)22-15-7-6-13(19)9-14(15)20/h2-7,9-11H,8H2,1H3,(H,22,23,24). The van der Waals surface area contributed by atoms with Gasteiger partial charge in [0.1, 0.15) is 0 Å². The first-order valence-corrected chi connectivity index (χ1v) is 8.66. The zero-order chi connectivity index (χ0) is 17.4. The second-order valence-electron chi connectivity index (χ2n) is 5.94. The van der Waals surface area contributed by atoms with Gasteiger partial charge in [0.15, 0.2) is 5.82 Å². The van der Waals surface area contributed by atoms with Crippen molar-refractivity contribution < 1.29 is 0 Å². The molecule has 126 valence electrons. The van der Waals surface area contributed by atoms with Crippen LogP contribution in [0.2, 0.25) is 10.0 Å². The van der Waals surface area contributed by atoms with Crippen molar-refractivity contribution in [2.75, 3.05) is 10.2 Å². The Labute approximate surface area is 155 Å². The van der Waals surface area contributed by atoms with E-state index in [1.54, 1.807) is 24.4 Å². The third-order valence-corrected chi connectivity index (χ3v) is 4.73. The number of rotatable bonds is 3. The number of nitrogens with zero attached hydrogens (tertiary/aromatic N) is 4. The van der Waals surface area contributed by atoms with E-state index in [1.165, 1.54) is 5.56 Å². The number of aromatic nitrogens is 3. The van der Waals surface area contributed by atoms with Crippen molar-refractivity contribution in [3.63, 3.8) is 0 Å². The van der Waals surface area contributed by atoms with Gasteiger partial charge in [-0.1, -0.05) is 41.4 Å². The predicted molar refractivity (Wildman–Crippen MR) is 101 cm³/mol. The van der Waals surface area contributed by atoms with Gasteiger partial charge in [0.2, 0.25) is 5.95 Å². The van der Waals surface area contributed by atoms with Crippen LogP contribution >= 0.6 is 23.2 Å². The Bertz CT molecular complexity index is 931. The van der Waals surface area contributed by atoms with Gasteiger partial charge in [0.05, 0.1) is 16.9 Å². The van der Waals surface area contributed by atoms with E-state index in [0.717, 1.165) is 17.9 Å². The van der Waals surface area contributed by atoms with Crippen molar-refractivity contribution in [3.05, 3.63) is 64.3 Å². The minimum absolute atomic E-state index is 0.307. The molecule has 2 heterocycles. The highest BCUT2D eigenvalue weighted by Gasteiger charge is 2.28. The summed E-state index contributed by atoms with van der Waals surface area (Å²) in [5.74, 6) is 1.14. The van der Waals surface area contributed by atoms with Crippen molar-refractivity contribution in [3.8, 4) is 0 Å². The molecule has 1 aliphatic rings. The molecular weight excluding hydrogens is 357 g/mol. The Hall–Kier alpha value is -2.37. The van der Waals surface area contributed by atoms with Crippen molar-refractivity contribution in [1.29, 1.82) is 0 Å². The van der Waals surface area contributed by atoms with Gasteiger partial charge in [-0.25, -0.2) is 0 Å². The molecule has 0 saturated carbocycles. The lowest BCUT2D eigenvalue weighted by Gasteiger charge is -2.23. The number of hydrogen-bond acceptors (Lipinski definition) is 5. The summed E-state index contributed by atoms with van der Waals surface area (Å²) >= 11 is 12.1. The van der Waals surface area contributed by atoms with Gasteiger partial charge >= 0.3 is 0 Å². The van der Waals surface area contributed by atoms with Crippen LogP contribution in [-0.4, -0.2) is 21.2 Å². The molecule has 3 aromatic rings. The number of halogens is 2. The van der Waals surface area contributed by atoms with Crippen molar-refractivity contribution in [1.82, 2.24) is 15.2 Å². The second-order valence-corrected chi connectivity index (χ2v) is 6.78. The van der Waals surface area contributed by atoms with Crippen LogP contribution in [0.3, 0.4) is 0 Å². The fourth-order valence-electron chi connectivity index (χ4n) is 3.09. The number of nitrogens with one attached hydrogen (secondary N) is 1. The van der Waals surface area contributed by atoms with Crippen molar-refractivity contribution in [2.45, 2.75) is 19.4 Å². The molecule has 0 fully saturated rings. The van der Waals surface area contributed by atoms with Gasteiger partial charge in [-0.05, 0) is 43.2 Å². The summed E-state index contributed by atoms with van der Waals surface area (Å²) in [5, 5.41) is 12.3. The fourth-order valence-corrected chi connectivity index (χ4v) is 3.55. The summed E-state index contributed by atoms with van der Waals surface area (Å²) < 4.78 is 0. The molecule has 1 aromatic heterocycles. The number of hydrogen-bond donors (Lipinski definition) is 1. The topological polar surface area (TPSA) is 53.9 Å². The third-order valence-electron chi connectivity index (χ3n) is 4.18. The molecular formula is C18H15Cl2N5. The highest BCUT2D eigenvalue weighted by Crippen LogP contribution is 2.37. The van der Waals surface area contributed by atoms with E-state index < -0.39 is 0 Å². The van der Waals surface area contributed by atoms with E-state index in [-0.39, 0.29) is 0 Å². The van der Waals surface area contributed by atoms with Gasteiger partial charge in [-0.3, -0.25) is 0 Å². The predicted octanol–water partition coefficient (Wildman–Crippen LogP) is 5.00. The van der Waals surface area contributed by atoms with Gasteiger partial charge < -0.3 is 10.2 Å². The minimum atomic E-state index is 0.307. The molecule has 1 N–H and O–H groups in total. The monoisotopic (exact) mass is 371 g/mol. The SMILES string of the molecule is CC1Cc2ccccc2N1c1cnnc(Nc2ccc(Cl)cc2Cl)n1. The normalized spacial score (nSPS) is 16.0. The molecule has 0 radical (unpaired) electrons. The van der Waals surface area contributed by atoms with Crippen LogP contribution < -0.4 is 10.2 Å². The average Bonchev–Trinajstić information content (AvgIpc) is 2.93. The summed E-state index contributed by atoms with van der Waals surface area (Å²) in [5.41, 5.74) is 3.15.